The topological polar surface area (TPSA) is 26.0 Å². The molecule has 1 fully saturated rings. The monoisotopic (exact) mass is 153 g/mol. The summed E-state index contributed by atoms with van der Waals surface area (Å²) in [5.74, 6) is 1.59. The van der Waals surface area contributed by atoms with Gasteiger partial charge in [-0.3, -0.25) is 0 Å². The Balaban J connectivity index is 2.43. The van der Waals surface area contributed by atoms with E-state index >= 15 is 0 Å². The zero-order chi connectivity index (χ0) is 8.43. The van der Waals surface area contributed by atoms with E-state index in [2.05, 4.69) is 13.5 Å². The molecule has 1 saturated carbocycles. The zero-order valence-corrected chi connectivity index (χ0v) is 7.64. The molecule has 0 aromatic carbocycles. The van der Waals surface area contributed by atoms with Crippen LogP contribution in [0.25, 0.3) is 0 Å². The molecule has 64 valence electrons. The third-order valence-corrected chi connectivity index (χ3v) is 2.81. The number of hydrogen-bond donors (Lipinski definition) is 1. The van der Waals surface area contributed by atoms with E-state index in [9.17, 15) is 0 Å². The second kappa shape index (κ2) is 3.40. The molecule has 0 amide bonds. The third kappa shape index (κ3) is 2.06. The Labute approximate surface area is 69.7 Å². The lowest BCUT2D eigenvalue weighted by Crippen LogP contribution is -2.29. The number of rotatable bonds is 2. The Morgan fingerprint density at radius 1 is 1.55 bits per heavy atom. The highest BCUT2D eigenvalue weighted by Gasteiger charge is 2.26. The van der Waals surface area contributed by atoms with Crippen molar-refractivity contribution in [2.45, 2.75) is 39.2 Å². The van der Waals surface area contributed by atoms with Gasteiger partial charge in [0.05, 0.1) is 0 Å². The van der Waals surface area contributed by atoms with E-state index in [1.54, 1.807) is 0 Å². The molecule has 0 aromatic rings. The van der Waals surface area contributed by atoms with Gasteiger partial charge in [-0.2, -0.15) is 0 Å². The van der Waals surface area contributed by atoms with Crippen molar-refractivity contribution in [3.63, 3.8) is 0 Å². The predicted molar refractivity (Wildman–Crippen MR) is 49.3 cm³/mol. The molecule has 1 heteroatoms. The maximum absolute atomic E-state index is 5.98. The Morgan fingerprint density at radius 3 is 2.55 bits per heavy atom. The van der Waals surface area contributed by atoms with Gasteiger partial charge in [-0.25, -0.2) is 0 Å². The first kappa shape index (κ1) is 8.79. The normalized spacial score (nSPS) is 33.7. The fourth-order valence-electron chi connectivity index (χ4n) is 1.98. The number of nitrogens with two attached hydrogens (primary N) is 1. The van der Waals surface area contributed by atoms with Gasteiger partial charge in [0.1, 0.15) is 0 Å². The van der Waals surface area contributed by atoms with Gasteiger partial charge < -0.3 is 5.73 Å². The van der Waals surface area contributed by atoms with Crippen molar-refractivity contribution >= 4 is 0 Å². The molecule has 3 unspecified atom stereocenters. The highest BCUT2D eigenvalue weighted by atomic mass is 14.7. The molecule has 1 nitrogen and oxygen atoms in total. The van der Waals surface area contributed by atoms with E-state index in [0.717, 1.165) is 11.5 Å². The summed E-state index contributed by atoms with van der Waals surface area (Å²) in [4.78, 5) is 0. The quantitative estimate of drug-likeness (QED) is 0.605. The maximum Gasteiger partial charge on any atom is 0.0277 e. The minimum Gasteiger partial charge on any atom is -0.324 e. The van der Waals surface area contributed by atoms with Crippen molar-refractivity contribution in [1.29, 1.82) is 0 Å². The van der Waals surface area contributed by atoms with Crippen molar-refractivity contribution in [3.8, 4) is 0 Å². The van der Waals surface area contributed by atoms with Crippen molar-refractivity contribution in [2.75, 3.05) is 0 Å². The molecular weight excluding hydrogens is 134 g/mol. The van der Waals surface area contributed by atoms with Crippen molar-refractivity contribution in [2.24, 2.45) is 17.6 Å². The molecule has 1 aliphatic carbocycles. The van der Waals surface area contributed by atoms with Crippen LogP contribution in [0.15, 0.2) is 12.2 Å². The molecule has 2 N–H and O–H groups in total. The van der Waals surface area contributed by atoms with Crippen LogP contribution in [0.2, 0.25) is 0 Å². The van der Waals surface area contributed by atoms with Crippen LogP contribution in [-0.4, -0.2) is 6.04 Å². The van der Waals surface area contributed by atoms with Crippen LogP contribution in [0.3, 0.4) is 0 Å². The highest BCUT2D eigenvalue weighted by Crippen LogP contribution is 2.33. The van der Waals surface area contributed by atoms with E-state index in [0.29, 0.717) is 5.92 Å². The van der Waals surface area contributed by atoms with Crippen molar-refractivity contribution in [3.05, 3.63) is 12.2 Å². The molecule has 0 aromatic heterocycles. The minimum absolute atomic E-state index is 0.250. The third-order valence-electron chi connectivity index (χ3n) is 2.81. The minimum atomic E-state index is 0.250. The van der Waals surface area contributed by atoms with E-state index in [1.165, 1.54) is 19.3 Å². The van der Waals surface area contributed by atoms with Crippen molar-refractivity contribution < 1.29 is 0 Å². The predicted octanol–water partition coefficient (Wildman–Crippen LogP) is 2.33. The molecule has 0 aliphatic heterocycles. The van der Waals surface area contributed by atoms with Crippen molar-refractivity contribution in [1.82, 2.24) is 0 Å². The van der Waals surface area contributed by atoms with Crippen LogP contribution in [0.5, 0.6) is 0 Å². The molecule has 1 rings (SSSR count). The fraction of sp³-hybridized carbons (Fsp3) is 0.800. The van der Waals surface area contributed by atoms with E-state index in [1.807, 2.05) is 6.92 Å². The molecule has 0 spiro atoms. The lowest BCUT2D eigenvalue weighted by molar-refractivity contribution is 0.456. The Hall–Kier alpha value is -0.300. The van der Waals surface area contributed by atoms with Gasteiger partial charge in [0.2, 0.25) is 0 Å². The largest absolute Gasteiger partial charge is 0.324 e. The summed E-state index contributed by atoms with van der Waals surface area (Å²) in [7, 11) is 0. The second-order valence-electron chi connectivity index (χ2n) is 4.05. The molecule has 0 saturated heterocycles. The highest BCUT2D eigenvalue weighted by molar-refractivity contribution is 5.04. The molecule has 1 aliphatic rings. The lowest BCUT2D eigenvalue weighted by Gasteiger charge is -2.18. The molecule has 3 atom stereocenters. The first-order valence-electron chi connectivity index (χ1n) is 4.52. The van der Waals surface area contributed by atoms with Crippen LogP contribution < -0.4 is 5.73 Å². The fourth-order valence-corrected chi connectivity index (χ4v) is 1.98. The SMILES string of the molecule is C=C(C)C(N)C1CCC(C)C1. The average Bonchev–Trinajstić information content (AvgIpc) is 2.34. The van der Waals surface area contributed by atoms with Gasteiger partial charge in [0.25, 0.3) is 0 Å². The van der Waals surface area contributed by atoms with Gasteiger partial charge in [-0.15, -0.1) is 0 Å². The summed E-state index contributed by atoms with van der Waals surface area (Å²) in [6, 6.07) is 0.250. The summed E-state index contributed by atoms with van der Waals surface area (Å²) in [5, 5.41) is 0. The first-order valence-corrected chi connectivity index (χ1v) is 4.52. The van der Waals surface area contributed by atoms with Crippen LogP contribution in [-0.2, 0) is 0 Å². The van der Waals surface area contributed by atoms with E-state index in [-0.39, 0.29) is 6.04 Å². The summed E-state index contributed by atoms with van der Waals surface area (Å²) in [5.41, 5.74) is 7.13. The van der Waals surface area contributed by atoms with Crippen LogP contribution in [0.1, 0.15) is 33.1 Å². The van der Waals surface area contributed by atoms with Gasteiger partial charge in [0.15, 0.2) is 0 Å². The molecule has 0 heterocycles. The smallest absolute Gasteiger partial charge is 0.0277 e. The maximum atomic E-state index is 5.98. The molecule has 0 bridgehead atoms. The summed E-state index contributed by atoms with van der Waals surface area (Å²) in [6.07, 6.45) is 3.95. The standard InChI is InChI=1S/C10H19N/c1-7(2)10(11)9-5-4-8(3)6-9/h8-10H,1,4-6,11H2,2-3H3. The summed E-state index contributed by atoms with van der Waals surface area (Å²) >= 11 is 0. The van der Waals surface area contributed by atoms with Gasteiger partial charge in [-0.05, 0) is 31.6 Å². The Kier molecular flexibility index (Phi) is 2.72. The number of hydrogen-bond acceptors (Lipinski definition) is 1. The molecular formula is C10H19N. The van der Waals surface area contributed by atoms with Crippen LogP contribution in [0, 0.1) is 11.8 Å². The Bertz CT molecular complexity index is 151. The molecule has 0 radical (unpaired) electrons. The van der Waals surface area contributed by atoms with E-state index < -0.39 is 0 Å². The van der Waals surface area contributed by atoms with Crippen LogP contribution in [0.4, 0.5) is 0 Å². The average molecular weight is 153 g/mol. The lowest BCUT2D eigenvalue weighted by atomic mass is 9.93. The summed E-state index contributed by atoms with van der Waals surface area (Å²) in [6.45, 7) is 8.25. The van der Waals surface area contributed by atoms with Gasteiger partial charge in [0, 0.05) is 6.04 Å². The van der Waals surface area contributed by atoms with Crippen LogP contribution >= 0.6 is 0 Å². The zero-order valence-electron chi connectivity index (χ0n) is 7.64. The van der Waals surface area contributed by atoms with Gasteiger partial charge in [-0.1, -0.05) is 25.5 Å². The van der Waals surface area contributed by atoms with E-state index in [4.69, 9.17) is 5.73 Å². The second-order valence-corrected chi connectivity index (χ2v) is 4.05. The van der Waals surface area contributed by atoms with Gasteiger partial charge >= 0.3 is 0 Å². The first-order chi connectivity index (χ1) is 5.11. The Morgan fingerprint density at radius 2 is 2.18 bits per heavy atom. The summed E-state index contributed by atoms with van der Waals surface area (Å²) < 4.78 is 0. The molecule has 11 heavy (non-hydrogen) atoms.